The molecule has 0 spiro atoms. The van der Waals surface area contributed by atoms with Crippen LogP contribution in [0.2, 0.25) is 0 Å². The summed E-state index contributed by atoms with van der Waals surface area (Å²) in [5.74, 6) is 0. The number of ether oxygens (including phenoxy) is 1. The van der Waals surface area contributed by atoms with Crippen molar-refractivity contribution < 1.29 is 9.53 Å². The van der Waals surface area contributed by atoms with E-state index in [0.29, 0.717) is 13.1 Å². The van der Waals surface area contributed by atoms with Crippen LogP contribution in [-0.2, 0) is 11.3 Å². The molecule has 126 valence electrons. The molecule has 2 aromatic rings. The fraction of sp³-hybridized carbons (Fsp3) is 0.350. The summed E-state index contributed by atoms with van der Waals surface area (Å²) in [6.45, 7) is 7.58. The van der Waals surface area contributed by atoms with Gasteiger partial charge in [-0.1, -0.05) is 36.4 Å². The van der Waals surface area contributed by atoms with Gasteiger partial charge < -0.3 is 15.0 Å². The van der Waals surface area contributed by atoms with E-state index < -0.39 is 5.60 Å². The zero-order chi connectivity index (χ0) is 17.2. The third-order valence-corrected chi connectivity index (χ3v) is 3.92. The SMILES string of the molecule is CC(C)(C)OC(=O)N1CCNc2ccc(-c3ccccc3)cc2C1. The molecule has 4 nitrogen and oxygen atoms in total. The fourth-order valence-electron chi connectivity index (χ4n) is 2.80. The summed E-state index contributed by atoms with van der Waals surface area (Å²) in [7, 11) is 0. The van der Waals surface area contributed by atoms with Gasteiger partial charge in [-0.25, -0.2) is 4.79 Å². The van der Waals surface area contributed by atoms with Crippen LogP contribution in [0.1, 0.15) is 26.3 Å². The van der Waals surface area contributed by atoms with Crippen LogP contribution in [0.4, 0.5) is 10.5 Å². The number of nitrogens with zero attached hydrogens (tertiary/aromatic N) is 1. The van der Waals surface area contributed by atoms with E-state index in [-0.39, 0.29) is 6.09 Å². The Hall–Kier alpha value is -2.49. The molecule has 0 saturated carbocycles. The number of fused-ring (bicyclic) bond motifs is 1. The summed E-state index contributed by atoms with van der Waals surface area (Å²) >= 11 is 0. The second-order valence-corrected chi connectivity index (χ2v) is 7.07. The second kappa shape index (κ2) is 6.56. The van der Waals surface area contributed by atoms with E-state index in [1.807, 2.05) is 39.0 Å². The van der Waals surface area contributed by atoms with Gasteiger partial charge in [0.05, 0.1) is 6.54 Å². The van der Waals surface area contributed by atoms with Crippen molar-refractivity contribution in [2.45, 2.75) is 32.9 Å². The lowest BCUT2D eigenvalue weighted by Gasteiger charge is -2.26. The maximum atomic E-state index is 12.4. The van der Waals surface area contributed by atoms with Gasteiger partial charge in [0.2, 0.25) is 0 Å². The van der Waals surface area contributed by atoms with Crippen LogP contribution in [0, 0.1) is 0 Å². The number of amides is 1. The third-order valence-electron chi connectivity index (χ3n) is 3.92. The van der Waals surface area contributed by atoms with Crippen molar-refractivity contribution in [2.24, 2.45) is 0 Å². The van der Waals surface area contributed by atoms with Crippen LogP contribution >= 0.6 is 0 Å². The van der Waals surface area contributed by atoms with E-state index in [0.717, 1.165) is 23.4 Å². The molecule has 1 heterocycles. The Kier molecular flexibility index (Phi) is 4.47. The van der Waals surface area contributed by atoms with Crippen LogP contribution in [-0.4, -0.2) is 29.7 Å². The molecule has 0 atom stereocenters. The first kappa shape index (κ1) is 16.4. The summed E-state index contributed by atoms with van der Waals surface area (Å²) in [6, 6.07) is 16.6. The summed E-state index contributed by atoms with van der Waals surface area (Å²) in [4.78, 5) is 14.2. The van der Waals surface area contributed by atoms with Crippen molar-refractivity contribution in [3.63, 3.8) is 0 Å². The van der Waals surface area contributed by atoms with Gasteiger partial charge in [-0.15, -0.1) is 0 Å². The molecule has 4 heteroatoms. The zero-order valence-electron chi connectivity index (χ0n) is 14.5. The largest absolute Gasteiger partial charge is 0.444 e. The number of nitrogens with one attached hydrogen (secondary N) is 1. The highest BCUT2D eigenvalue weighted by Crippen LogP contribution is 2.28. The minimum Gasteiger partial charge on any atom is -0.444 e. The quantitative estimate of drug-likeness (QED) is 0.839. The van der Waals surface area contributed by atoms with E-state index in [2.05, 4.69) is 35.6 Å². The molecule has 0 aromatic heterocycles. The minimum absolute atomic E-state index is 0.262. The molecule has 0 unspecified atom stereocenters. The van der Waals surface area contributed by atoms with Gasteiger partial charge in [-0.05, 0) is 49.6 Å². The Morgan fingerprint density at radius 3 is 2.54 bits per heavy atom. The first-order chi connectivity index (χ1) is 11.4. The molecule has 0 saturated heterocycles. The average Bonchev–Trinajstić information content (AvgIpc) is 2.75. The molecule has 1 amide bonds. The lowest BCUT2D eigenvalue weighted by atomic mass is 10.0. The van der Waals surface area contributed by atoms with E-state index in [1.54, 1.807) is 4.90 Å². The Bertz CT molecular complexity index is 720. The Morgan fingerprint density at radius 1 is 1.08 bits per heavy atom. The number of rotatable bonds is 1. The first-order valence-electron chi connectivity index (χ1n) is 8.32. The predicted octanol–water partition coefficient (Wildman–Crippen LogP) is 4.52. The molecule has 0 fully saturated rings. The van der Waals surface area contributed by atoms with E-state index in [4.69, 9.17) is 4.74 Å². The molecule has 1 aliphatic rings. The molecule has 1 aliphatic heterocycles. The topological polar surface area (TPSA) is 41.6 Å². The van der Waals surface area contributed by atoms with Crippen molar-refractivity contribution in [3.05, 3.63) is 54.1 Å². The number of benzene rings is 2. The summed E-state index contributed by atoms with van der Waals surface area (Å²) in [6.07, 6.45) is -0.262. The maximum Gasteiger partial charge on any atom is 0.410 e. The van der Waals surface area contributed by atoms with Crippen LogP contribution in [0.15, 0.2) is 48.5 Å². The van der Waals surface area contributed by atoms with Gasteiger partial charge in [-0.2, -0.15) is 0 Å². The van der Waals surface area contributed by atoms with Gasteiger partial charge in [-0.3, -0.25) is 0 Å². The van der Waals surface area contributed by atoms with Gasteiger partial charge in [0.15, 0.2) is 0 Å². The van der Waals surface area contributed by atoms with E-state index >= 15 is 0 Å². The predicted molar refractivity (Wildman–Crippen MR) is 97.0 cm³/mol. The molecular formula is C20H24N2O2. The number of hydrogen-bond donors (Lipinski definition) is 1. The van der Waals surface area contributed by atoms with Crippen molar-refractivity contribution in [2.75, 3.05) is 18.4 Å². The maximum absolute atomic E-state index is 12.4. The average molecular weight is 324 g/mol. The van der Waals surface area contributed by atoms with Gasteiger partial charge in [0.1, 0.15) is 5.60 Å². The molecule has 24 heavy (non-hydrogen) atoms. The highest BCUT2D eigenvalue weighted by molar-refractivity contribution is 5.72. The number of carbonyl (C=O) groups is 1. The number of carbonyl (C=O) groups excluding carboxylic acids is 1. The fourth-order valence-corrected chi connectivity index (χ4v) is 2.80. The van der Waals surface area contributed by atoms with Gasteiger partial charge in [0, 0.05) is 18.8 Å². The van der Waals surface area contributed by atoms with Gasteiger partial charge >= 0.3 is 6.09 Å². The normalized spacial score (nSPS) is 14.4. The third kappa shape index (κ3) is 3.88. The van der Waals surface area contributed by atoms with Crippen molar-refractivity contribution in [3.8, 4) is 11.1 Å². The van der Waals surface area contributed by atoms with Crippen LogP contribution in [0.3, 0.4) is 0 Å². The standard InChI is InChI=1S/C20H24N2O2/c1-20(2,3)24-19(23)22-12-11-21-18-10-9-16(13-17(18)14-22)15-7-5-4-6-8-15/h4-10,13,21H,11-12,14H2,1-3H3. The smallest absolute Gasteiger partial charge is 0.410 e. The van der Waals surface area contributed by atoms with Crippen LogP contribution in [0.5, 0.6) is 0 Å². The zero-order valence-corrected chi connectivity index (χ0v) is 14.5. The van der Waals surface area contributed by atoms with Crippen LogP contribution < -0.4 is 5.32 Å². The first-order valence-corrected chi connectivity index (χ1v) is 8.32. The molecule has 1 N–H and O–H groups in total. The second-order valence-electron chi connectivity index (χ2n) is 7.07. The van der Waals surface area contributed by atoms with E-state index in [9.17, 15) is 4.79 Å². The van der Waals surface area contributed by atoms with Crippen molar-refractivity contribution in [1.82, 2.24) is 4.90 Å². The molecule has 2 aromatic carbocycles. The van der Waals surface area contributed by atoms with E-state index in [1.165, 1.54) is 5.56 Å². The Balaban J connectivity index is 1.85. The highest BCUT2D eigenvalue weighted by atomic mass is 16.6. The summed E-state index contributed by atoms with van der Waals surface area (Å²) < 4.78 is 5.52. The summed E-state index contributed by atoms with van der Waals surface area (Å²) in [5.41, 5.74) is 4.04. The monoisotopic (exact) mass is 324 g/mol. The molecular weight excluding hydrogens is 300 g/mol. The lowest BCUT2D eigenvalue weighted by Crippen LogP contribution is -2.37. The van der Waals surface area contributed by atoms with Crippen molar-refractivity contribution in [1.29, 1.82) is 0 Å². The molecule has 3 rings (SSSR count). The lowest BCUT2D eigenvalue weighted by molar-refractivity contribution is 0.0245. The summed E-state index contributed by atoms with van der Waals surface area (Å²) in [5, 5.41) is 3.40. The van der Waals surface area contributed by atoms with Gasteiger partial charge in [0.25, 0.3) is 0 Å². The number of hydrogen-bond acceptors (Lipinski definition) is 3. The minimum atomic E-state index is -0.481. The van der Waals surface area contributed by atoms with Crippen LogP contribution in [0.25, 0.3) is 11.1 Å². The molecule has 0 aliphatic carbocycles. The van der Waals surface area contributed by atoms with Crippen molar-refractivity contribution >= 4 is 11.8 Å². The Morgan fingerprint density at radius 2 is 1.83 bits per heavy atom. The number of anilines is 1. The molecule has 0 bridgehead atoms. The highest BCUT2D eigenvalue weighted by Gasteiger charge is 2.24. The molecule has 0 radical (unpaired) electrons. The Labute approximate surface area is 143 Å².